The quantitative estimate of drug-likeness (QED) is 0.0610. The van der Waals surface area contributed by atoms with Crippen molar-refractivity contribution >= 4 is 17.6 Å². The third-order valence-electron chi connectivity index (χ3n) is 7.30. The van der Waals surface area contributed by atoms with E-state index in [1.165, 1.54) is 13.0 Å². The third kappa shape index (κ3) is 6.05. The van der Waals surface area contributed by atoms with Gasteiger partial charge in [0.1, 0.15) is 5.54 Å². The van der Waals surface area contributed by atoms with Crippen LogP contribution in [0.2, 0.25) is 0 Å². The highest BCUT2D eigenvalue weighted by Gasteiger charge is 2.71. The monoisotopic (exact) mass is 637 g/mol. The van der Waals surface area contributed by atoms with Gasteiger partial charge in [0.2, 0.25) is 0 Å². The van der Waals surface area contributed by atoms with Gasteiger partial charge in [-0.25, -0.2) is 4.79 Å². The second kappa shape index (κ2) is 12.4. The Morgan fingerprint density at radius 1 is 1.00 bits per heavy atom. The number of carbonyl (C=O) groups excluding carboxylic acids is 2. The molecule has 1 fully saturated rings. The van der Waals surface area contributed by atoms with E-state index in [4.69, 9.17) is 4.74 Å². The van der Waals surface area contributed by atoms with Crippen molar-refractivity contribution in [2.24, 2.45) is 0 Å². The van der Waals surface area contributed by atoms with Crippen molar-refractivity contribution in [3.8, 4) is 17.2 Å². The van der Waals surface area contributed by atoms with Gasteiger partial charge in [-0.05, 0) is 49.4 Å². The summed E-state index contributed by atoms with van der Waals surface area (Å²) in [6.45, 7) is 2.67. The molecule has 0 spiro atoms. The molecule has 11 nitrogen and oxygen atoms in total. The molecule has 0 aromatic heterocycles. The van der Waals surface area contributed by atoms with Crippen LogP contribution in [0.1, 0.15) is 56.2 Å². The van der Waals surface area contributed by atoms with Gasteiger partial charge in [-0.1, -0.05) is 26.3 Å². The lowest BCUT2D eigenvalue weighted by atomic mass is 9.87. The van der Waals surface area contributed by atoms with E-state index in [1.807, 2.05) is 0 Å². The smallest absolute Gasteiger partial charge is 0.430 e. The molecule has 44 heavy (non-hydrogen) atoms. The lowest BCUT2D eigenvalue weighted by Gasteiger charge is -2.33. The predicted molar refractivity (Wildman–Crippen MR) is 140 cm³/mol. The minimum atomic E-state index is -6.25. The van der Waals surface area contributed by atoms with Gasteiger partial charge in [0.25, 0.3) is 11.5 Å². The predicted octanol–water partition coefficient (Wildman–Crippen LogP) is 5.29. The average Bonchev–Trinajstić information content (AvgIpc) is 3.18. The summed E-state index contributed by atoms with van der Waals surface area (Å²) in [6, 6.07) is 3.28. The first-order valence-electron chi connectivity index (χ1n) is 13.3. The number of ether oxygens (including phenoxy) is 1. The minimum absolute atomic E-state index is 0.0197. The van der Waals surface area contributed by atoms with Gasteiger partial charge >= 0.3 is 24.1 Å². The van der Waals surface area contributed by atoms with Crippen LogP contribution in [0.4, 0.5) is 36.8 Å². The van der Waals surface area contributed by atoms with E-state index in [-0.39, 0.29) is 62.4 Å². The average molecular weight is 638 g/mol. The van der Waals surface area contributed by atoms with Gasteiger partial charge in [-0.3, -0.25) is 19.8 Å². The molecule has 2 aromatic rings. The molecule has 17 heteroatoms. The first kappa shape index (κ1) is 34.2. The van der Waals surface area contributed by atoms with E-state index in [1.54, 1.807) is 6.92 Å². The maximum atomic E-state index is 13.5. The molecular formula is C27H29F6N3O8. The highest BCUT2D eigenvalue weighted by atomic mass is 19.4. The lowest BCUT2D eigenvalue weighted by molar-refractivity contribution is -0.387. The zero-order valence-corrected chi connectivity index (χ0v) is 23.4. The molecule has 242 valence electrons. The second-order valence-electron chi connectivity index (χ2n) is 10.1. The fourth-order valence-corrected chi connectivity index (χ4v) is 4.93. The van der Waals surface area contributed by atoms with Crippen LogP contribution in [0, 0.1) is 10.1 Å². The SMILES string of the molecule is CCCc1cc(C(O)(C(F)(F)F)C(F)(F)F)cc([N+](=O)[O-])c1OCCCCN1C(=O)NC(CC)(c2ccc(O)c(O)c2)C1=O. The Bertz CT molecular complexity index is 1420. The summed E-state index contributed by atoms with van der Waals surface area (Å²) in [4.78, 5) is 37.3. The number of phenols is 2. The summed E-state index contributed by atoms with van der Waals surface area (Å²) in [5.41, 5.74) is -10.0. The van der Waals surface area contributed by atoms with Crippen LogP contribution >= 0.6 is 0 Å². The van der Waals surface area contributed by atoms with Gasteiger partial charge in [0.05, 0.1) is 11.5 Å². The number of hydrogen-bond donors (Lipinski definition) is 4. The normalized spacial score (nSPS) is 17.6. The van der Waals surface area contributed by atoms with Crippen molar-refractivity contribution in [1.29, 1.82) is 0 Å². The number of nitrogens with zero attached hydrogens (tertiary/aromatic N) is 2. The molecule has 0 radical (unpaired) electrons. The van der Waals surface area contributed by atoms with Crippen LogP contribution in [0.3, 0.4) is 0 Å². The van der Waals surface area contributed by atoms with Crippen molar-refractivity contribution in [2.75, 3.05) is 13.2 Å². The Labute approximate surface area is 246 Å². The van der Waals surface area contributed by atoms with Gasteiger partial charge in [-0.15, -0.1) is 0 Å². The summed E-state index contributed by atoms with van der Waals surface area (Å²) < 4.78 is 86.2. The number of carbonyl (C=O) groups is 2. The van der Waals surface area contributed by atoms with E-state index in [9.17, 15) is 61.4 Å². The van der Waals surface area contributed by atoms with Gasteiger partial charge in [0, 0.05) is 23.7 Å². The van der Waals surface area contributed by atoms with E-state index in [0.29, 0.717) is 6.07 Å². The molecule has 0 saturated carbocycles. The summed E-state index contributed by atoms with van der Waals surface area (Å²) in [5.74, 6) is -2.14. The number of alkyl halides is 6. The fourth-order valence-electron chi connectivity index (χ4n) is 4.93. The minimum Gasteiger partial charge on any atom is -0.504 e. The summed E-state index contributed by atoms with van der Waals surface area (Å²) >= 11 is 0. The van der Waals surface area contributed by atoms with Crippen molar-refractivity contribution < 1.29 is 60.9 Å². The molecule has 1 aliphatic heterocycles. The van der Waals surface area contributed by atoms with Crippen molar-refractivity contribution in [1.82, 2.24) is 10.2 Å². The van der Waals surface area contributed by atoms with Crippen LogP contribution in [-0.4, -0.2) is 62.6 Å². The first-order chi connectivity index (χ1) is 20.4. The van der Waals surface area contributed by atoms with E-state index in [2.05, 4.69) is 5.32 Å². The number of rotatable bonds is 12. The van der Waals surface area contributed by atoms with Crippen LogP contribution in [0.25, 0.3) is 0 Å². The number of halogens is 6. The van der Waals surface area contributed by atoms with Crippen LogP contribution < -0.4 is 10.1 Å². The van der Waals surface area contributed by atoms with Crippen molar-refractivity contribution in [3.63, 3.8) is 0 Å². The van der Waals surface area contributed by atoms with Gasteiger partial charge in [0.15, 0.2) is 17.2 Å². The summed E-state index contributed by atoms with van der Waals surface area (Å²) in [6.07, 6.45) is -12.3. The Hall–Kier alpha value is -4.28. The van der Waals surface area contributed by atoms with Crippen LogP contribution in [0.15, 0.2) is 30.3 Å². The molecule has 3 rings (SSSR count). The van der Waals surface area contributed by atoms with Gasteiger partial charge in [-0.2, -0.15) is 26.3 Å². The number of unbranched alkanes of at least 4 members (excludes halogenated alkanes) is 1. The molecule has 1 unspecified atom stereocenters. The van der Waals surface area contributed by atoms with Crippen molar-refractivity contribution in [3.05, 3.63) is 57.1 Å². The molecule has 1 heterocycles. The number of urea groups is 1. The molecule has 0 aliphatic carbocycles. The molecule has 2 aromatic carbocycles. The number of hydrogen-bond acceptors (Lipinski definition) is 8. The van der Waals surface area contributed by atoms with Gasteiger partial charge < -0.3 is 25.4 Å². The lowest BCUT2D eigenvalue weighted by Crippen LogP contribution is -2.54. The molecule has 1 atom stereocenters. The molecular weight excluding hydrogens is 608 g/mol. The largest absolute Gasteiger partial charge is 0.504 e. The third-order valence-corrected chi connectivity index (χ3v) is 7.30. The fraction of sp³-hybridized carbons (Fsp3) is 0.481. The standard InChI is InChI=1S/C27H29F6N3O8/c1-3-7-15-12-17(25(41,26(28,29)30)27(31,32)33)13-18(36(42)43)21(15)44-11-6-5-10-35-22(39)24(4-2,34-23(35)40)16-8-9-19(37)20(38)14-16/h8-9,12-14,37-38,41H,3-7,10-11H2,1-2H3,(H,34,40). The summed E-state index contributed by atoms with van der Waals surface area (Å²) in [5, 5.41) is 43.5. The number of imide groups is 1. The summed E-state index contributed by atoms with van der Waals surface area (Å²) in [7, 11) is 0. The number of phenolic OH excluding ortho intramolecular Hbond substituents is 2. The zero-order valence-electron chi connectivity index (χ0n) is 23.4. The van der Waals surface area contributed by atoms with Crippen LogP contribution in [0.5, 0.6) is 17.2 Å². The highest BCUT2D eigenvalue weighted by Crippen LogP contribution is 2.52. The Balaban J connectivity index is 1.79. The van der Waals surface area contributed by atoms with Crippen molar-refractivity contribution in [2.45, 2.75) is 69.4 Å². The number of nitro groups is 1. The molecule has 1 aliphatic rings. The molecule has 0 bridgehead atoms. The molecule has 1 saturated heterocycles. The number of aryl methyl sites for hydroxylation is 1. The molecule has 4 N–H and O–H groups in total. The number of nitrogens with one attached hydrogen (secondary N) is 1. The maximum absolute atomic E-state index is 13.5. The Morgan fingerprint density at radius 3 is 2.16 bits per heavy atom. The van der Waals surface area contributed by atoms with Crippen LogP contribution in [-0.2, 0) is 22.4 Å². The van der Waals surface area contributed by atoms with E-state index >= 15 is 0 Å². The van der Waals surface area contributed by atoms with E-state index < -0.39 is 68.9 Å². The highest BCUT2D eigenvalue weighted by molar-refractivity contribution is 6.07. The number of aliphatic hydroxyl groups is 1. The zero-order chi connectivity index (χ0) is 33.3. The first-order valence-corrected chi connectivity index (χ1v) is 13.3. The number of aromatic hydroxyl groups is 2. The topological polar surface area (TPSA) is 162 Å². The number of nitro benzene ring substituents is 1. The number of benzene rings is 2. The van der Waals surface area contributed by atoms with E-state index in [0.717, 1.165) is 17.0 Å². The second-order valence-corrected chi connectivity index (χ2v) is 10.1. The Morgan fingerprint density at radius 2 is 1.64 bits per heavy atom. The maximum Gasteiger partial charge on any atom is 0.430 e. The Kier molecular flexibility index (Phi) is 9.62. The number of amides is 3. The molecule has 3 amide bonds.